The Morgan fingerprint density at radius 2 is 2.44 bits per heavy atom. The summed E-state index contributed by atoms with van der Waals surface area (Å²) in [6, 6.07) is 0. The molecule has 1 heterocycles. The lowest BCUT2D eigenvalue weighted by Gasteiger charge is -2.32. The van der Waals surface area contributed by atoms with E-state index >= 15 is 0 Å². The van der Waals surface area contributed by atoms with Gasteiger partial charge < -0.3 is 10.1 Å². The molecule has 7 heteroatoms. The smallest absolute Gasteiger partial charge is 0.229 e. The molecule has 1 aromatic rings. The number of carbonyl (C=O) groups is 1. The summed E-state index contributed by atoms with van der Waals surface area (Å²) in [6.07, 6.45) is 3.62. The predicted octanol–water partition coefficient (Wildman–Crippen LogP) is 2.18. The molecule has 1 aliphatic carbocycles. The zero-order valence-corrected chi connectivity index (χ0v) is 11.7. The number of rotatable bonds is 6. The zero-order valence-electron chi connectivity index (χ0n) is 10.1. The highest BCUT2D eigenvalue weighted by Crippen LogP contribution is 2.31. The van der Waals surface area contributed by atoms with E-state index < -0.39 is 0 Å². The minimum Gasteiger partial charge on any atom is -0.381 e. The number of thioether (sulfide) groups is 1. The van der Waals surface area contributed by atoms with Crippen LogP contribution in [0.15, 0.2) is 17.0 Å². The van der Waals surface area contributed by atoms with Crippen molar-refractivity contribution in [1.29, 1.82) is 0 Å². The molecule has 98 valence electrons. The van der Waals surface area contributed by atoms with E-state index in [0.29, 0.717) is 5.13 Å². The van der Waals surface area contributed by atoms with E-state index in [1.54, 1.807) is 18.9 Å². The van der Waals surface area contributed by atoms with Crippen molar-refractivity contribution in [2.24, 2.45) is 5.92 Å². The zero-order chi connectivity index (χ0) is 13.0. The second-order valence-corrected chi connectivity index (χ2v) is 6.23. The van der Waals surface area contributed by atoms with Gasteiger partial charge in [-0.25, -0.2) is 0 Å². The van der Waals surface area contributed by atoms with Crippen molar-refractivity contribution in [1.82, 2.24) is 10.2 Å². The maximum atomic E-state index is 11.8. The van der Waals surface area contributed by atoms with Crippen LogP contribution in [0.2, 0.25) is 0 Å². The van der Waals surface area contributed by atoms with Gasteiger partial charge in [-0.05, 0) is 12.8 Å². The fourth-order valence-electron chi connectivity index (χ4n) is 1.63. The molecule has 0 aliphatic heterocycles. The van der Waals surface area contributed by atoms with Crippen LogP contribution in [0.3, 0.4) is 0 Å². The molecule has 1 aromatic heterocycles. The first kappa shape index (κ1) is 13.5. The topological polar surface area (TPSA) is 64.1 Å². The van der Waals surface area contributed by atoms with Crippen LogP contribution in [0.25, 0.3) is 0 Å². The molecular weight excluding hydrogens is 270 g/mol. The second kappa shape index (κ2) is 6.31. The van der Waals surface area contributed by atoms with Gasteiger partial charge in [-0.15, -0.1) is 16.8 Å². The first-order chi connectivity index (χ1) is 8.72. The van der Waals surface area contributed by atoms with Gasteiger partial charge in [0.1, 0.15) is 0 Å². The van der Waals surface area contributed by atoms with E-state index in [-0.39, 0.29) is 17.9 Å². The Bertz CT molecular complexity index is 430. The van der Waals surface area contributed by atoms with Crippen molar-refractivity contribution in [3.63, 3.8) is 0 Å². The third-order valence-corrected chi connectivity index (χ3v) is 4.73. The van der Waals surface area contributed by atoms with Crippen LogP contribution in [0.1, 0.15) is 12.8 Å². The minimum atomic E-state index is 0.0136. The molecule has 1 fully saturated rings. The average molecular weight is 285 g/mol. The number of nitrogens with zero attached hydrogens (tertiary/aromatic N) is 2. The number of amides is 1. The molecule has 18 heavy (non-hydrogen) atoms. The van der Waals surface area contributed by atoms with Crippen molar-refractivity contribution in [2.45, 2.75) is 23.3 Å². The van der Waals surface area contributed by atoms with Crippen molar-refractivity contribution in [3.8, 4) is 0 Å². The van der Waals surface area contributed by atoms with Crippen molar-refractivity contribution >= 4 is 34.1 Å². The quantitative estimate of drug-likeness (QED) is 0.493. The van der Waals surface area contributed by atoms with Gasteiger partial charge in [0, 0.05) is 18.8 Å². The van der Waals surface area contributed by atoms with Gasteiger partial charge in [0.2, 0.25) is 11.0 Å². The van der Waals surface area contributed by atoms with E-state index in [4.69, 9.17) is 4.74 Å². The first-order valence-corrected chi connectivity index (χ1v) is 7.44. The molecule has 0 saturated heterocycles. The number of nitrogens with one attached hydrogen (secondary N) is 1. The Balaban J connectivity index is 1.80. The van der Waals surface area contributed by atoms with Gasteiger partial charge >= 0.3 is 0 Å². The monoisotopic (exact) mass is 285 g/mol. The van der Waals surface area contributed by atoms with Gasteiger partial charge in [0.05, 0.1) is 6.10 Å². The third-order valence-electron chi connectivity index (χ3n) is 2.76. The van der Waals surface area contributed by atoms with E-state index in [2.05, 4.69) is 22.1 Å². The van der Waals surface area contributed by atoms with Gasteiger partial charge in [0.15, 0.2) is 4.34 Å². The molecule has 0 unspecified atom stereocenters. The fourth-order valence-corrected chi connectivity index (χ4v) is 3.14. The molecule has 2 rings (SSSR count). The molecule has 0 aromatic carbocycles. The van der Waals surface area contributed by atoms with Crippen LogP contribution in [0, 0.1) is 5.92 Å². The Morgan fingerprint density at radius 1 is 1.67 bits per heavy atom. The van der Waals surface area contributed by atoms with E-state index in [1.807, 2.05) is 6.08 Å². The largest absolute Gasteiger partial charge is 0.381 e. The standard InChI is InChI=1S/C11H15N3O2S2/c1-3-4-17-11-14-13-10(18-11)12-9(15)7-5-8(6-7)16-2/h3,7-8H,1,4-6H2,2H3,(H,12,13,15). The number of hydrogen-bond donors (Lipinski definition) is 1. The van der Waals surface area contributed by atoms with Crippen LogP contribution >= 0.6 is 23.1 Å². The molecule has 1 aliphatic rings. The Hall–Kier alpha value is -0.920. The van der Waals surface area contributed by atoms with Gasteiger partial charge in [0.25, 0.3) is 0 Å². The minimum absolute atomic E-state index is 0.0136. The lowest BCUT2D eigenvalue weighted by atomic mass is 9.82. The summed E-state index contributed by atoms with van der Waals surface area (Å²) in [5.74, 6) is 0.851. The van der Waals surface area contributed by atoms with Crippen molar-refractivity contribution in [2.75, 3.05) is 18.2 Å². The number of carbonyl (C=O) groups excluding carboxylic acids is 1. The Morgan fingerprint density at radius 3 is 3.11 bits per heavy atom. The highest BCUT2D eigenvalue weighted by molar-refractivity contribution is 8.01. The summed E-state index contributed by atoms with van der Waals surface area (Å²) in [4.78, 5) is 11.8. The molecule has 0 radical (unpaired) electrons. The molecule has 1 saturated carbocycles. The predicted molar refractivity (Wildman–Crippen MR) is 73.0 cm³/mol. The van der Waals surface area contributed by atoms with E-state index in [1.165, 1.54) is 11.3 Å². The summed E-state index contributed by atoms with van der Waals surface area (Å²) in [5, 5.41) is 11.3. The van der Waals surface area contributed by atoms with E-state index in [9.17, 15) is 4.79 Å². The SMILES string of the molecule is C=CCSc1nnc(NC(=O)C2CC(OC)C2)s1. The highest BCUT2D eigenvalue weighted by Gasteiger charge is 2.34. The summed E-state index contributed by atoms with van der Waals surface area (Å²) >= 11 is 2.95. The molecule has 0 bridgehead atoms. The molecular formula is C11H15N3O2S2. The maximum Gasteiger partial charge on any atom is 0.229 e. The molecule has 0 spiro atoms. The Kier molecular flexibility index (Phi) is 4.73. The Labute approximate surface area is 114 Å². The fraction of sp³-hybridized carbons (Fsp3) is 0.545. The van der Waals surface area contributed by atoms with E-state index in [0.717, 1.165) is 22.9 Å². The van der Waals surface area contributed by atoms with Crippen LogP contribution in [-0.2, 0) is 9.53 Å². The van der Waals surface area contributed by atoms with Crippen LogP contribution < -0.4 is 5.32 Å². The van der Waals surface area contributed by atoms with Crippen molar-refractivity contribution in [3.05, 3.63) is 12.7 Å². The van der Waals surface area contributed by atoms with Gasteiger partial charge in [-0.1, -0.05) is 29.2 Å². The summed E-state index contributed by atoms with van der Waals surface area (Å²) < 4.78 is 5.99. The highest BCUT2D eigenvalue weighted by atomic mass is 32.2. The summed E-state index contributed by atoms with van der Waals surface area (Å²) in [7, 11) is 1.67. The molecule has 1 amide bonds. The van der Waals surface area contributed by atoms with Gasteiger partial charge in [-0.3, -0.25) is 4.79 Å². The number of aromatic nitrogens is 2. The summed E-state index contributed by atoms with van der Waals surface area (Å²) in [6.45, 7) is 3.64. The normalized spacial score (nSPS) is 22.3. The lowest BCUT2D eigenvalue weighted by Crippen LogP contribution is -2.38. The number of hydrogen-bond acceptors (Lipinski definition) is 6. The summed E-state index contributed by atoms with van der Waals surface area (Å²) in [5.41, 5.74) is 0. The van der Waals surface area contributed by atoms with Crippen LogP contribution in [-0.4, -0.2) is 35.1 Å². The number of methoxy groups -OCH3 is 1. The van der Waals surface area contributed by atoms with Crippen molar-refractivity contribution < 1.29 is 9.53 Å². The lowest BCUT2D eigenvalue weighted by molar-refractivity contribution is -0.127. The van der Waals surface area contributed by atoms with Crippen LogP contribution in [0.5, 0.6) is 0 Å². The number of ether oxygens (including phenoxy) is 1. The molecule has 5 nitrogen and oxygen atoms in total. The van der Waals surface area contributed by atoms with Gasteiger partial charge in [-0.2, -0.15) is 0 Å². The second-order valence-electron chi connectivity index (χ2n) is 3.99. The molecule has 0 atom stereocenters. The third kappa shape index (κ3) is 3.30. The first-order valence-electron chi connectivity index (χ1n) is 5.63. The number of anilines is 1. The van der Waals surface area contributed by atoms with Crippen LogP contribution in [0.4, 0.5) is 5.13 Å². The molecule has 1 N–H and O–H groups in total. The average Bonchev–Trinajstić information content (AvgIpc) is 2.72. The maximum absolute atomic E-state index is 11.8.